The third kappa shape index (κ3) is 5.31. The molecule has 9 aromatic rings. The SMILES string of the molecule is CC1(C)c2ccccc2-c2ccc(N(c3ccc(-c4ccccc4)cc3)c3ccccc3-c3cccc4c3-c3ccccc3C4(c3ccccc3)c3ccccc3)cc21. The van der Waals surface area contributed by atoms with Crippen molar-refractivity contribution in [3.63, 3.8) is 0 Å². The zero-order chi connectivity index (χ0) is 39.6. The van der Waals surface area contributed by atoms with Crippen LogP contribution in [0.2, 0.25) is 0 Å². The fraction of sp³-hybridized carbons (Fsp3) is 0.0690. The molecule has 59 heavy (non-hydrogen) atoms. The maximum absolute atomic E-state index is 2.48. The van der Waals surface area contributed by atoms with E-state index in [1.807, 2.05) is 0 Å². The van der Waals surface area contributed by atoms with Crippen LogP contribution < -0.4 is 4.90 Å². The van der Waals surface area contributed by atoms with E-state index in [0.717, 1.165) is 17.1 Å². The van der Waals surface area contributed by atoms with Crippen LogP contribution in [0.4, 0.5) is 17.1 Å². The quantitative estimate of drug-likeness (QED) is 0.157. The van der Waals surface area contributed by atoms with Crippen molar-refractivity contribution in [1.82, 2.24) is 0 Å². The van der Waals surface area contributed by atoms with E-state index in [9.17, 15) is 0 Å². The smallest absolute Gasteiger partial charge is 0.0713 e. The van der Waals surface area contributed by atoms with E-state index in [2.05, 4.69) is 243 Å². The van der Waals surface area contributed by atoms with Gasteiger partial charge in [-0.2, -0.15) is 0 Å². The zero-order valence-electron chi connectivity index (χ0n) is 33.3. The Morgan fingerprint density at radius 1 is 0.322 bits per heavy atom. The molecule has 0 spiro atoms. The average Bonchev–Trinajstić information content (AvgIpc) is 3.73. The maximum Gasteiger partial charge on any atom is 0.0713 e. The van der Waals surface area contributed by atoms with Crippen molar-refractivity contribution < 1.29 is 0 Å². The van der Waals surface area contributed by atoms with Crippen molar-refractivity contribution in [2.24, 2.45) is 0 Å². The monoisotopic (exact) mass is 753 g/mol. The first-order chi connectivity index (χ1) is 29.0. The molecule has 0 fully saturated rings. The Hall–Kier alpha value is -7.22. The lowest BCUT2D eigenvalue weighted by Gasteiger charge is -2.34. The van der Waals surface area contributed by atoms with Crippen molar-refractivity contribution in [3.05, 3.63) is 258 Å². The van der Waals surface area contributed by atoms with Crippen LogP contribution in [0.3, 0.4) is 0 Å². The van der Waals surface area contributed by atoms with E-state index in [1.54, 1.807) is 0 Å². The summed E-state index contributed by atoms with van der Waals surface area (Å²) in [5, 5.41) is 0. The van der Waals surface area contributed by atoms with Crippen molar-refractivity contribution in [3.8, 4) is 44.5 Å². The number of rotatable bonds is 7. The summed E-state index contributed by atoms with van der Waals surface area (Å²) in [5.41, 5.74) is 20.7. The fourth-order valence-electron chi connectivity index (χ4n) is 10.3. The fourth-order valence-corrected chi connectivity index (χ4v) is 10.3. The molecule has 280 valence electrons. The Balaban J connectivity index is 1.15. The van der Waals surface area contributed by atoms with E-state index in [1.165, 1.54) is 77.9 Å². The first-order valence-electron chi connectivity index (χ1n) is 20.7. The Bertz CT molecular complexity index is 2960. The molecule has 0 bridgehead atoms. The highest BCUT2D eigenvalue weighted by Gasteiger charge is 2.47. The van der Waals surface area contributed by atoms with Gasteiger partial charge in [0.25, 0.3) is 0 Å². The highest BCUT2D eigenvalue weighted by atomic mass is 15.1. The molecule has 0 atom stereocenters. The normalized spacial score (nSPS) is 13.9. The van der Waals surface area contributed by atoms with E-state index >= 15 is 0 Å². The summed E-state index contributed by atoms with van der Waals surface area (Å²) in [7, 11) is 0. The lowest BCUT2D eigenvalue weighted by atomic mass is 9.67. The van der Waals surface area contributed by atoms with Gasteiger partial charge in [0.1, 0.15) is 0 Å². The molecule has 0 saturated carbocycles. The Morgan fingerprint density at radius 2 is 0.814 bits per heavy atom. The number of benzene rings is 9. The lowest BCUT2D eigenvalue weighted by molar-refractivity contribution is 0.660. The summed E-state index contributed by atoms with van der Waals surface area (Å²) in [6, 6.07) is 82.9. The van der Waals surface area contributed by atoms with Crippen LogP contribution in [0.15, 0.2) is 224 Å². The van der Waals surface area contributed by atoms with Crippen LogP contribution in [0.5, 0.6) is 0 Å². The Kier molecular flexibility index (Phi) is 8.13. The van der Waals surface area contributed by atoms with E-state index in [0.29, 0.717) is 0 Å². The summed E-state index contributed by atoms with van der Waals surface area (Å²) < 4.78 is 0. The average molecular weight is 754 g/mol. The molecule has 1 heteroatoms. The van der Waals surface area contributed by atoms with Gasteiger partial charge in [-0.05, 0) is 103 Å². The topological polar surface area (TPSA) is 3.24 Å². The van der Waals surface area contributed by atoms with Crippen molar-refractivity contribution in [1.29, 1.82) is 0 Å². The van der Waals surface area contributed by atoms with Gasteiger partial charge < -0.3 is 4.90 Å². The molecule has 2 aliphatic carbocycles. The molecule has 0 saturated heterocycles. The molecule has 2 aliphatic rings. The summed E-state index contributed by atoms with van der Waals surface area (Å²) in [6.07, 6.45) is 0. The lowest BCUT2D eigenvalue weighted by Crippen LogP contribution is -2.28. The van der Waals surface area contributed by atoms with Gasteiger partial charge in [0, 0.05) is 22.4 Å². The zero-order valence-corrected chi connectivity index (χ0v) is 33.3. The highest BCUT2D eigenvalue weighted by molar-refractivity contribution is 6.00. The largest absolute Gasteiger partial charge is 0.310 e. The van der Waals surface area contributed by atoms with E-state index < -0.39 is 5.41 Å². The predicted molar refractivity (Wildman–Crippen MR) is 247 cm³/mol. The number of para-hydroxylation sites is 1. The second kappa shape index (κ2) is 13.7. The van der Waals surface area contributed by atoms with Crippen molar-refractivity contribution >= 4 is 17.1 Å². The second-order valence-electron chi connectivity index (χ2n) is 16.4. The molecular weight excluding hydrogens is 711 g/mol. The minimum absolute atomic E-state index is 0.132. The Labute approximate surface area is 347 Å². The van der Waals surface area contributed by atoms with Crippen molar-refractivity contribution in [2.45, 2.75) is 24.7 Å². The van der Waals surface area contributed by atoms with Crippen LogP contribution in [0.1, 0.15) is 47.2 Å². The van der Waals surface area contributed by atoms with Gasteiger partial charge in [0.2, 0.25) is 0 Å². The molecule has 0 unspecified atom stereocenters. The Morgan fingerprint density at radius 3 is 1.51 bits per heavy atom. The van der Waals surface area contributed by atoms with E-state index in [4.69, 9.17) is 0 Å². The van der Waals surface area contributed by atoms with Gasteiger partial charge in [-0.3, -0.25) is 0 Å². The summed E-state index contributed by atoms with van der Waals surface area (Å²) in [5.74, 6) is 0. The molecular formula is C58H43N. The molecule has 0 N–H and O–H groups in total. The third-order valence-electron chi connectivity index (χ3n) is 13.0. The molecule has 9 aromatic carbocycles. The van der Waals surface area contributed by atoms with Crippen molar-refractivity contribution in [2.75, 3.05) is 4.90 Å². The third-order valence-corrected chi connectivity index (χ3v) is 13.0. The minimum Gasteiger partial charge on any atom is -0.310 e. The van der Waals surface area contributed by atoms with Crippen LogP contribution in [0.25, 0.3) is 44.5 Å². The van der Waals surface area contributed by atoms with Crippen LogP contribution in [-0.2, 0) is 10.8 Å². The number of nitrogens with zero attached hydrogens (tertiary/aromatic N) is 1. The molecule has 0 aliphatic heterocycles. The van der Waals surface area contributed by atoms with Gasteiger partial charge in [-0.25, -0.2) is 0 Å². The van der Waals surface area contributed by atoms with Gasteiger partial charge in [0.15, 0.2) is 0 Å². The standard InChI is InChI=1S/C58H43N/c1-57(2)51-29-15-12-25-46(51)47-38-37-45(39-54(47)57)59(44-35-33-41(34-36-44)40-19-6-3-7-20-40)55-32-17-14-26-48(55)49-28-18-31-53-56(49)50-27-13-16-30-52(50)58(53,42-21-8-4-9-22-42)43-23-10-5-11-24-43/h3-39H,1-2H3. The highest BCUT2D eigenvalue weighted by Crippen LogP contribution is 2.59. The summed E-state index contributed by atoms with van der Waals surface area (Å²) in [4.78, 5) is 2.48. The second-order valence-corrected chi connectivity index (χ2v) is 16.4. The minimum atomic E-state index is -0.479. The number of anilines is 3. The first-order valence-corrected chi connectivity index (χ1v) is 20.7. The molecule has 0 amide bonds. The van der Waals surface area contributed by atoms with Gasteiger partial charge in [0.05, 0.1) is 11.1 Å². The summed E-state index contributed by atoms with van der Waals surface area (Å²) in [6.45, 7) is 4.73. The molecule has 0 radical (unpaired) electrons. The maximum atomic E-state index is 2.48. The van der Waals surface area contributed by atoms with Crippen LogP contribution in [0, 0.1) is 0 Å². The van der Waals surface area contributed by atoms with E-state index in [-0.39, 0.29) is 5.41 Å². The number of fused-ring (bicyclic) bond motifs is 6. The molecule has 0 aromatic heterocycles. The van der Waals surface area contributed by atoms with Crippen LogP contribution >= 0.6 is 0 Å². The summed E-state index contributed by atoms with van der Waals surface area (Å²) >= 11 is 0. The van der Waals surface area contributed by atoms with Crippen LogP contribution in [-0.4, -0.2) is 0 Å². The van der Waals surface area contributed by atoms with Gasteiger partial charge >= 0.3 is 0 Å². The van der Waals surface area contributed by atoms with Gasteiger partial charge in [-0.15, -0.1) is 0 Å². The number of hydrogen-bond donors (Lipinski definition) is 0. The predicted octanol–water partition coefficient (Wildman–Crippen LogP) is 15.2. The number of hydrogen-bond acceptors (Lipinski definition) is 1. The van der Waals surface area contributed by atoms with Gasteiger partial charge in [-0.1, -0.05) is 208 Å². The molecule has 11 rings (SSSR count). The molecule has 1 nitrogen and oxygen atoms in total. The molecule has 0 heterocycles. The first kappa shape index (κ1) is 35.0.